The molecule has 0 radical (unpaired) electrons. The van der Waals surface area contributed by atoms with Gasteiger partial charge in [-0.25, -0.2) is 0 Å². The molecule has 1 unspecified atom stereocenters. The molecule has 0 saturated heterocycles. The lowest BCUT2D eigenvalue weighted by Crippen LogP contribution is -2.55. The molecule has 1 aliphatic rings. The van der Waals surface area contributed by atoms with Crippen molar-refractivity contribution in [2.24, 2.45) is 5.92 Å². The molecule has 0 saturated carbocycles. The highest BCUT2D eigenvalue weighted by Crippen LogP contribution is 2.20. The molecule has 0 bridgehead atoms. The van der Waals surface area contributed by atoms with Gasteiger partial charge in [0, 0.05) is 19.3 Å². The highest BCUT2D eigenvalue weighted by atomic mass is 16.5. The number of amides is 2. The Labute approximate surface area is 166 Å². The van der Waals surface area contributed by atoms with E-state index in [0.717, 1.165) is 11.3 Å². The van der Waals surface area contributed by atoms with Crippen LogP contribution in [0.5, 0.6) is 5.75 Å². The van der Waals surface area contributed by atoms with Gasteiger partial charge >= 0.3 is 0 Å². The van der Waals surface area contributed by atoms with E-state index in [1.807, 2.05) is 61.0 Å². The lowest BCUT2D eigenvalue weighted by Gasteiger charge is -2.36. The van der Waals surface area contributed by atoms with Gasteiger partial charge in [-0.2, -0.15) is 0 Å². The molecule has 1 aromatic heterocycles. The van der Waals surface area contributed by atoms with Gasteiger partial charge in [0.25, 0.3) is 5.91 Å². The molecule has 1 aromatic carbocycles. The molecule has 0 aliphatic carbocycles. The topological polar surface area (TPSA) is 63.6 Å². The molecule has 0 fully saturated rings. The average molecular weight is 383 g/mol. The molecule has 3 rings (SSSR count). The zero-order valence-electron chi connectivity index (χ0n) is 17.0. The minimum atomic E-state index is -0.502. The Balaban J connectivity index is 1.67. The van der Waals surface area contributed by atoms with Crippen LogP contribution in [0.2, 0.25) is 0 Å². The van der Waals surface area contributed by atoms with Crippen molar-refractivity contribution in [3.05, 3.63) is 53.9 Å². The van der Waals surface area contributed by atoms with Crippen LogP contribution < -0.4 is 10.1 Å². The van der Waals surface area contributed by atoms with Crippen LogP contribution in [0.1, 0.15) is 43.7 Å². The second kappa shape index (κ2) is 8.50. The molecule has 1 atom stereocenters. The molecular formula is C22H29N3O3. The molecule has 2 heterocycles. The van der Waals surface area contributed by atoms with Crippen molar-refractivity contribution in [2.75, 3.05) is 6.54 Å². The highest BCUT2D eigenvalue weighted by Gasteiger charge is 2.36. The van der Waals surface area contributed by atoms with Gasteiger partial charge in [0.2, 0.25) is 5.91 Å². The fraction of sp³-hybridized carbons (Fsp3) is 0.455. The van der Waals surface area contributed by atoms with Crippen molar-refractivity contribution in [2.45, 2.75) is 52.9 Å². The Bertz CT molecular complexity index is 824. The van der Waals surface area contributed by atoms with Crippen LogP contribution in [0.15, 0.2) is 42.6 Å². The van der Waals surface area contributed by atoms with E-state index in [9.17, 15) is 9.59 Å². The van der Waals surface area contributed by atoms with Crippen LogP contribution in [0.25, 0.3) is 0 Å². The first-order valence-electron chi connectivity index (χ1n) is 9.84. The Morgan fingerprint density at radius 3 is 2.54 bits per heavy atom. The monoisotopic (exact) mass is 383 g/mol. The number of rotatable bonds is 7. The summed E-state index contributed by atoms with van der Waals surface area (Å²) in [6, 6.07) is 10.9. The van der Waals surface area contributed by atoms with Crippen LogP contribution >= 0.6 is 0 Å². The molecule has 1 N–H and O–H groups in total. The number of carbonyl (C=O) groups excluding carboxylic acids is 2. The number of carbonyl (C=O) groups is 2. The fourth-order valence-electron chi connectivity index (χ4n) is 3.43. The second-order valence-electron chi connectivity index (χ2n) is 7.94. The summed E-state index contributed by atoms with van der Waals surface area (Å²) in [5.41, 5.74) is 1.63. The first kappa shape index (κ1) is 20.0. The van der Waals surface area contributed by atoms with E-state index in [-0.39, 0.29) is 23.8 Å². The summed E-state index contributed by atoms with van der Waals surface area (Å²) in [4.78, 5) is 27.5. The van der Waals surface area contributed by atoms with Crippen LogP contribution in [0, 0.1) is 5.92 Å². The third kappa shape index (κ3) is 4.55. The maximum absolute atomic E-state index is 12.9. The van der Waals surface area contributed by atoms with Crippen molar-refractivity contribution in [1.82, 2.24) is 14.8 Å². The average Bonchev–Trinajstić information content (AvgIpc) is 3.11. The molecular weight excluding hydrogens is 354 g/mol. The second-order valence-corrected chi connectivity index (χ2v) is 7.94. The van der Waals surface area contributed by atoms with Crippen LogP contribution in [-0.2, 0) is 17.9 Å². The number of nitrogens with zero attached hydrogens (tertiary/aromatic N) is 2. The summed E-state index contributed by atoms with van der Waals surface area (Å²) in [5, 5.41) is 2.99. The van der Waals surface area contributed by atoms with Gasteiger partial charge in [-0.3, -0.25) is 9.59 Å². The van der Waals surface area contributed by atoms with Gasteiger partial charge in [-0.15, -0.1) is 0 Å². The Kier molecular flexibility index (Phi) is 6.07. The van der Waals surface area contributed by atoms with E-state index in [1.54, 1.807) is 4.90 Å². The van der Waals surface area contributed by atoms with E-state index in [2.05, 4.69) is 19.2 Å². The SMILES string of the molecule is CC(C)CN1C(=O)c2cccn2CC1C(=O)NCc1ccc(OC(C)C)cc1. The molecule has 6 heteroatoms. The van der Waals surface area contributed by atoms with E-state index in [4.69, 9.17) is 4.74 Å². The summed E-state index contributed by atoms with van der Waals surface area (Å²) < 4.78 is 7.51. The number of ether oxygens (including phenoxy) is 1. The standard InChI is InChI=1S/C22H29N3O3/c1-15(2)13-25-20(14-24-11-5-6-19(24)22(25)27)21(26)23-12-17-7-9-18(10-8-17)28-16(3)4/h5-11,15-16,20H,12-14H2,1-4H3,(H,23,26). The summed E-state index contributed by atoms with van der Waals surface area (Å²) >= 11 is 0. The minimum Gasteiger partial charge on any atom is -0.491 e. The zero-order valence-corrected chi connectivity index (χ0v) is 17.0. The normalized spacial score (nSPS) is 16.4. The molecule has 0 spiro atoms. The van der Waals surface area contributed by atoms with E-state index >= 15 is 0 Å². The predicted octanol–water partition coefficient (Wildman–Crippen LogP) is 3.07. The van der Waals surface area contributed by atoms with E-state index < -0.39 is 6.04 Å². The summed E-state index contributed by atoms with van der Waals surface area (Å²) in [5.74, 6) is 0.886. The van der Waals surface area contributed by atoms with E-state index in [0.29, 0.717) is 25.3 Å². The summed E-state index contributed by atoms with van der Waals surface area (Å²) in [6.07, 6.45) is 1.98. The van der Waals surface area contributed by atoms with Gasteiger partial charge in [0.15, 0.2) is 0 Å². The fourth-order valence-corrected chi connectivity index (χ4v) is 3.43. The maximum atomic E-state index is 12.9. The van der Waals surface area contributed by atoms with Crippen molar-refractivity contribution < 1.29 is 14.3 Å². The third-order valence-corrected chi connectivity index (χ3v) is 4.68. The zero-order chi connectivity index (χ0) is 20.3. The number of nitrogens with one attached hydrogen (secondary N) is 1. The first-order valence-corrected chi connectivity index (χ1v) is 9.84. The lowest BCUT2D eigenvalue weighted by atomic mass is 10.1. The number of fused-ring (bicyclic) bond motifs is 1. The Morgan fingerprint density at radius 2 is 1.89 bits per heavy atom. The first-order chi connectivity index (χ1) is 13.3. The Morgan fingerprint density at radius 1 is 1.18 bits per heavy atom. The van der Waals surface area contributed by atoms with Gasteiger partial charge in [-0.05, 0) is 49.6 Å². The molecule has 6 nitrogen and oxygen atoms in total. The van der Waals surface area contributed by atoms with Crippen LogP contribution in [0.4, 0.5) is 0 Å². The van der Waals surface area contributed by atoms with Gasteiger partial charge < -0.3 is 19.5 Å². The summed E-state index contributed by atoms with van der Waals surface area (Å²) in [7, 11) is 0. The number of benzene rings is 1. The van der Waals surface area contributed by atoms with Crippen LogP contribution in [0.3, 0.4) is 0 Å². The van der Waals surface area contributed by atoms with Crippen molar-refractivity contribution in [3.8, 4) is 5.75 Å². The smallest absolute Gasteiger partial charge is 0.271 e. The maximum Gasteiger partial charge on any atom is 0.271 e. The third-order valence-electron chi connectivity index (χ3n) is 4.68. The largest absolute Gasteiger partial charge is 0.491 e. The Hall–Kier alpha value is -2.76. The van der Waals surface area contributed by atoms with Crippen molar-refractivity contribution in [1.29, 1.82) is 0 Å². The number of aromatic nitrogens is 1. The molecule has 150 valence electrons. The summed E-state index contributed by atoms with van der Waals surface area (Å²) in [6.45, 7) is 9.53. The van der Waals surface area contributed by atoms with Gasteiger partial charge in [0.1, 0.15) is 17.5 Å². The van der Waals surface area contributed by atoms with Gasteiger partial charge in [-0.1, -0.05) is 26.0 Å². The van der Waals surface area contributed by atoms with Crippen molar-refractivity contribution >= 4 is 11.8 Å². The molecule has 1 aliphatic heterocycles. The molecule has 28 heavy (non-hydrogen) atoms. The number of hydrogen-bond donors (Lipinski definition) is 1. The van der Waals surface area contributed by atoms with Crippen LogP contribution in [-0.4, -0.2) is 40.0 Å². The quantitative estimate of drug-likeness (QED) is 0.799. The minimum absolute atomic E-state index is 0.0831. The van der Waals surface area contributed by atoms with E-state index in [1.165, 1.54) is 0 Å². The predicted molar refractivity (Wildman–Crippen MR) is 108 cm³/mol. The molecule has 2 amide bonds. The number of hydrogen-bond acceptors (Lipinski definition) is 3. The highest BCUT2D eigenvalue weighted by molar-refractivity contribution is 5.97. The lowest BCUT2D eigenvalue weighted by molar-refractivity contribution is -0.126. The molecule has 2 aromatic rings. The van der Waals surface area contributed by atoms with Crippen molar-refractivity contribution in [3.63, 3.8) is 0 Å². The van der Waals surface area contributed by atoms with Gasteiger partial charge in [0.05, 0.1) is 12.6 Å².